The molecule has 0 saturated heterocycles. The Balaban J connectivity index is 6.27. The molecule has 0 amide bonds. The van der Waals surface area contributed by atoms with E-state index in [1.54, 1.807) is 27.7 Å². The molecule has 0 bridgehead atoms. The lowest BCUT2D eigenvalue weighted by molar-refractivity contribution is 0.225. The van der Waals surface area contributed by atoms with Crippen molar-refractivity contribution in [1.82, 2.24) is 0 Å². The maximum Gasteiger partial charge on any atom is 0.375 e. The minimum Gasteiger partial charge on any atom is -0.305 e. The van der Waals surface area contributed by atoms with Crippen LogP contribution in [0.1, 0.15) is 34.6 Å². The van der Waals surface area contributed by atoms with E-state index in [4.69, 9.17) is 18.1 Å². The first-order valence-electron chi connectivity index (χ1n) is 7.75. The highest BCUT2D eigenvalue weighted by Gasteiger charge is 2.46. The Bertz CT molecular complexity index is 451. The van der Waals surface area contributed by atoms with Gasteiger partial charge < -0.3 is 18.1 Å². The average Bonchev–Trinajstić information content (AvgIpc) is 2.45. The summed E-state index contributed by atoms with van der Waals surface area (Å²) in [6.45, 7) is 9.49. The largest absolute Gasteiger partial charge is 0.375 e. The SMILES string of the molecule is C/C=C/CS(C)=C(P(=O)(OCC)OCC)P(=O)(OCC)OCC. The number of allylic oxidation sites excluding steroid dienone is 1. The highest BCUT2D eigenvalue weighted by molar-refractivity contribution is 8.32. The van der Waals surface area contributed by atoms with Crippen molar-refractivity contribution in [2.24, 2.45) is 0 Å². The molecule has 0 heterocycles. The van der Waals surface area contributed by atoms with E-state index in [9.17, 15) is 9.13 Å². The van der Waals surface area contributed by atoms with E-state index in [-0.39, 0.29) is 30.8 Å². The van der Waals surface area contributed by atoms with Crippen LogP contribution in [-0.2, 0) is 27.2 Å². The van der Waals surface area contributed by atoms with Gasteiger partial charge in [-0.25, -0.2) is 0 Å². The van der Waals surface area contributed by atoms with Crippen LogP contribution in [0.25, 0.3) is 0 Å². The number of rotatable bonds is 12. The van der Waals surface area contributed by atoms with Crippen molar-refractivity contribution in [3.8, 4) is 0 Å². The van der Waals surface area contributed by atoms with Gasteiger partial charge in [-0.3, -0.25) is 9.13 Å². The van der Waals surface area contributed by atoms with Crippen molar-refractivity contribution < 1.29 is 27.2 Å². The molecule has 0 radical (unpaired) electrons. The summed E-state index contributed by atoms with van der Waals surface area (Å²) in [4.78, 5) is 0. The van der Waals surface area contributed by atoms with E-state index in [1.807, 2.05) is 25.3 Å². The fraction of sp³-hybridized carbons (Fsp3) is 0.786. The molecule has 1 unspecified atom stereocenters. The van der Waals surface area contributed by atoms with Crippen molar-refractivity contribution in [1.29, 1.82) is 0 Å². The van der Waals surface area contributed by atoms with Crippen molar-refractivity contribution in [2.75, 3.05) is 38.4 Å². The third kappa shape index (κ3) is 6.95. The van der Waals surface area contributed by atoms with Gasteiger partial charge in [0.15, 0.2) is 4.35 Å². The molecule has 0 saturated carbocycles. The summed E-state index contributed by atoms with van der Waals surface area (Å²) < 4.78 is 48.4. The molecule has 0 aliphatic heterocycles. The van der Waals surface area contributed by atoms with Crippen LogP contribution in [0.3, 0.4) is 0 Å². The third-order valence-corrected chi connectivity index (χ3v) is 11.9. The third-order valence-electron chi connectivity index (χ3n) is 2.56. The molecular formula is C14H30O6P2S. The second-order valence-corrected chi connectivity index (χ2v) is 11.2. The van der Waals surface area contributed by atoms with E-state index < -0.39 is 25.7 Å². The smallest absolute Gasteiger partial charge is 0.305 e. The standard InChI is InChI=1S/C14H30O6P2S/c1-7-12-13-23(6)14(21(15,17-8-2)18-9-3)22(16,19-10-4)20-11-5/h7,12H,8-11,13H2,1-6H3/b12-7+. The van der Waals surface area contributed by atoms with Crippen LogP contribution in [-0.4, -0.2) is 42.8 Å². The van der Waals surface area contributed by atoms with Gasteiger partial charge >= 0.3 is 15.2 Å². The fourth-order valence-corrected chi connectivity index (χ4v) is 10.4. The molecule has 0 aromatic heterocycles. The molecule has 0 rings (SSSR count). The lowest BCUT2D eigenvalue weighted by Gasteiger charge is -2.27. The molecule has 9 heteroatoms. The van der Waals surface area contributed by atoms with Crippen LogP contribution < -0.4 is 0 Å². The average molecular weight is 388 g/mol. The van der Waals surface area contributed by atoms with E-state index in [0.717, 1.165) is 0 Å². The van der Waals surface area contributed by atoms with Gasteiger partial charge in [-0.05, 0) is 40.9 Å². The van der Waals surface area contributed by atoms with Gasteiger partial charge in [0, 0.05) is 5.75 Å². The highest BCUT2D eigenvalue weighted by atomic mass is 32.2. The maximum atomic E-state index is 13.3. The molecule has 0 spiro atoms. The van der Waals surface area contributed by atoms with Crippen LogP contribution in [0, 0.1) is 0 Å². The maximum absolute atomic E-state index is 13.3. The molecule has 0 aromatic carbocycles. The van der Waals surface area contributed by atoms with Crippen LogP contribution >= 0.6 is 25.7 Å². The molecule has 0 aromatic rings. The van der Waals surface area contributed by atoms with Crippen LogP contribution in [0.4, 0.5) is 0 Å². The Labute approximate surface area is 142 Å². The lowest BCUT2D eigenvalue weighted by Crippen LogP contribution is -2.13. The molecular weight excluding hydrogens is 358 g/mol. The van der Waals surface area contributed by atoms with Gasteiger partial charge in [0.25, 0.3) is 0 Å². The molecule has 1 atom stereocenters. The molecule has 0 aliphatic carbocycles. The Morgan fingerprint density at radius 2 is 1.22 bits per heavy atom. The summed E-state index contributed by atoms with van der Waals surface area (Å²) in [6.07, 6.45) is 5.66. The summed E-state index contributed by atoms with van der Waals surface area (Å²) in [6, 6.07) is 0. The Morgan fingerprint density at radius 1 is 0.870 bits per heavy atom. The molecule has 6 nitrogen and oxygen atoms in total. The Hall–Kier alpha value is 0.260. The first-order chi connectivity index (χ1) is 10.8. The molecule has 23 heavy (non-hydrogen) atoms. The molecule has 0 aliphatic rings. The van der Waals surface area contributed by atoms with Gasteiger partial charge in [0.1, 0.15) is 0 Å². The summed E-state index contributed by atoms with van der Waals surface area (Å²) in [5.74, 6) is 0.570. The molecule has 0 fully saturated rings. The zero-order valence-electron chi connectivity index (χ0n) is 14.9. The van der Waals surface area contributed by atoms with Crippen LogP contribution in [0.2, 0.25) is 0 Å². The summed E-state index contributed by atoms with van der Waals surface area (Å²) in [5.41, 5.74) is 0. The predicted octanol–water partition coefficient (Wildman–Crippen LogP) is 5.08. The first-order valence-corrected chi connectivity index (χ1v) is 12.6. The predicted molar refractivity (Wildman–Crippen MR) is 99.9 cm³/mol. The van der Waals surface area contributed by atoms with Gasteiger partial charge in [-0.1, -0.05) is 12.2 Å². The zero-order chi connectivity index (χ0) is 17.9. The first kappa shape index (κ1) is 23.3. The summed E-state index contributed by atoms with van der Waals surface area (Å²) in [7, 11) is -8.10. The Kier molecular flexibility index (Phi) is 11.9. The van der Waals surface area contributed by atoms with Crippen molar-refractivity contribution in [2.45, 2.75) is 34.6 Å². The van der Waals surface area contributed by atoms with E-state index in [2.05, 4.69) is 0 Å². The monoisotopic (exact) mass is 388 g/mol. The minimum atomic E-state index is -3.72. The number of hydrogen-bond acceptors (Lipinski definition) is 6. The van der Waals surface area contributed by atoms with E-state index >= 15 is 0 Å². The second kappa shape index (κ2) is 11.8. The van der Waals surface area contributed by atoms with E-state index in [0.29, 0.717) is 5.75 Å². The lowest BCUT2D eigenvalue weighted by atomic mass is 10.6. The fourth-order valence-electron chi connectivity index (χ4n) is 1.82. The van der Waals surface area contributed by atoms with Crippen LogP contribution in [0.5, 0.6) is 0 Å². The van der Waals surface area contributed by atoms with Crippen molar-refractivity contribution >= 4 is 30.0 Å². The van der Waals surface area contributed by atoms with Gasteiger partial charge in [-0.2, -0.15) is 10.5 Å². The molecule has 138 valence electrons. The zero-order valence-corrected chi connectivity index (χ0v) is 17.5. The van der Waals surface area contributed by atoms with Gasteiger partial charge in [0.05, 0.1) is 26.4 Å². The van der Waals surface area contributed by atoms with Gasteiger partial charge in [0.2, 0.25) is 0 Å². The molecule has 0 N–H and O–H groups in total. The van der Waals surface area contributed by atoms with Crippen LogP contribution in [0.15, 0.2) is 12.2 Å². The van der Waals surface area contributed by atoms with Gasteiger partial charge in [-0.15, -0.1) is 0 Å². The quantitative estimate of drug-likeness (QED) is 0.264. The topological polar surface area (TPSA) is 71.1 Å². The minimum absolute atomic E-state index is 0.135. The highest BCUT2D eigenvalue weighted by Crippen LogP contribution is 2.68. The van der Waals surface area contributed by atoms with E-state index in [1.165, 1.54) is 0 Å². The van der Waals surface area contributed by atoms with Crippen molar-refractivity contribution in [3.63, 3.8) is 0 Å². The second-order valence-electron chi connectivity index (χ2n) is 4.32. The summed E-state index contributed by atoms with van der Waals surface area (Å²) >= 11 is 0. The Morgan fingerprint density at radius 3 is 1.48 bits per heavy atom. The number of hydrogen-bond donors (Lipinski definition) is 0. The summed E-state index contributed by atoms with van der Waals surface area (Å²) in [5, 5.41) is 0. The van der Waals surface area contributed by atoms with Crippen molar-refractivity contribution in [3.05, 3.63) is 12.2 Å². The normalized spacial score (nSPS) is 14.3.